The van der Waals surface area contributed by atoms with E-state index in [1.807, 2.05) is 0 Å². The Kier molecular flexibility index (Phi) is 6.73. The Hall–Kier alpha value is -1.50. The van der Waals surface area contributed by atoms with Gasteiger partial charge in [-0.15, -0.1) is 0 Å². The molecular formula is C13H15N2NaO8S. The van der Waals surface area contributed by atoms with Crippen molar-refractivity contribution >= 4 is 57.6 Å². The van der Waals surface area contributed by atoms with Crippen LogP contribution in [0.1, 0.15) is 11.5 Å². The number of amides is 2. The first-order chi connectivity index (χ1) is 11.1. The van der Waals surface area contributed by atoms with E-state index in [9.17, 15) is 27.9 Å². The van der Waals surface area contributed by atoms with Gasteiger partial charge >= 0.3 is 45.8 Å². The van der Waals surface area contributed by atoms with Crippen LogP contribution >= 0.6 is 0 Å². The Labute approximate surface area is 165 Å². The molecule has 25 heavy (non-hydrogen) atoms. The molecule has 0 saturated carbocycles. The second-order valence-corrected chi connectivity index (χ2v) is 6.33. The third-order valence-corrected chi connectivity index (χ3v) is 4.38. The van der Waals surface area contributed by atoms with E-state index in [1.54, 1.807) is 18.2 Å². The van der Waals surface area contributed by atoms with Gasteiger partial charge in [0.1, 0.15) is 0 Å². The molecule has 2 atom stereocenters. The van der Waals surface area contributed by atoms with Gasteiger partial charge in [-0.05, 0) is 5.56 Å². The standard InChI is InChI=1S/C13H14N2O8S.Na.H/c1-23-13(7-15(12(13)19)24(20,21)22)14-10(16)9(11(17)18)8-5-3-2-4-6-8;;/h2-6,9H,7H2,1H3,(H,14,16)(H,17,18)(H,20,21,22);;. The fraction of sp³-hybridized carbons (Fsp3) is 0.308. The predicted octanol–water partition coefficient (Wildman–Crippen LogP) is -1.69. The third kappa shape index (κ3) is 4.19. The summed E-state index contributed by atoms with van der Waals surface area (Å²) in [4.78, 5) is 35.6. The van der Waals surface area contributed by atoms with Crippen LogP contribution in [0.4, 0.5) is 0 Å². The molecule has 0 radical (unpaired) electrons. The van der Waals surface area contributed by atoms with E-state index in [1.165, 1.54) is 12.1 Å². The number of β-lactam (4-membered cyclic amide) rings is 1. The van der Waals surface area contributed by atoms with Gasteiger partial charge in [-0.25, -0.2) is 4.31 Å². The number of rotatable bonds is 6. The maximum atomic E-state index is 12.3. The zero-order valence-corrected chi connectivity index (χ0v) is 13.2. The number of carboxylic acid groups (broad SMARTS) is 1. The van der Waals surface area contributed by atoms with Gasteiger partial charge in [0.05, 0.1) is 6.54 Å². The van der Waals surface area contributed by atoms with Crippen LogP contribution in [0.5, 0.6) is 0 Å². The summed E-state index contributed by atoms with van der Waals surface area (Å²) in [6.45, 7) is -0.673. The van der Waals surface area contributed by atoms with E-state index >= 15 is 0 Å². The van der Waals surface area contributed by atoms with Gasteiger partial charge in [0, 0.05) is 7.11 Å². The van der Waals surface area contributed by atoms with E-state index < -0.39 is 46.3 Å². The van der Waals surface area contributed by atoms with Gasteiger partial charge < -0.3 is 15.2 Å². The summed E-state index contributed by atoms with van der Waals surface area (Å²) in [7, 11) is -3.75. The predicted molar refractivity (Wildman–Crippen MR) is 85.1 cm³/mol. The molecule has 2 unspecified atom stereocenters. The molecule has 1 aliphatic heterocycles. The molecule has 1 aromatic rings. The number of carbonyl (C=O) groups excluding carboxylic acids is 2. The van der Waals surface area contributed by atoms with Gasteiger partial charge in [-0.1, -0.05) is 30.3 Å². The first-order valence-electron chi connectivity index (χ1n) is 6.57. The monoisotopic (exact) mass is 382 g/mol. The van der Waals surface area contributed by atoms with Crippen LogP contribution in [0.3, 0.4) is 0 Å². The molecule has 0 spiro atoms. The van der Waals surface area contributed by atoms with Crippen molar-refractivity contribution in [3.8, 4) is 0 Å². The van der Waals surface area contributed by atoms with E-state index in [2.05, 4.69) is 5.32 Å². The molecule has 12 heteroatoms. The number of ether oxygens (including phenoxy) is 1. The number of nitrogens with zero attached hydrogens (tertiary/aromatic N) is 1. The van der Waals surface area contributed by atoms with Crippen molar-refractivity contribution in [2.24, 2.45) is 0 Å². The Bertz CT molecular complexity index is 784. The molecule has 0 aromatic heterocycles. The summed E-state index contributed by atoms with van der Waals surface area (Å²) in [6, 6.07) is 7.56. The Morgan fingerprint density at radius 2 is 1.88 bits per heavy atom. The quantitative estimate of drug-likeness (QED) is 0.173. The molecule has 2 rings (SSSR count). The zero-order valence-electron chi connectivity index (χ0n) is 12.4. The number of aliphatic carboxylic acids is 1. The number of benzene rings is 1. The minimum absolute atomic E-state index is 0. The van der Waals surface area contributed by atoms with Crippen molar-refractivity contribution in [2.75, 3.05) is 13.7 Å². The summed E-state index contributed by atoms with van der Waals surface area (Å²) < 4.78 is 35.8. The second-order valence-electron chi connectivity index (χ2n) is 4.99. The maximum absolute atomic E-state index is 12.3. The number of nitrogens with one attached hydrogen (secondary N) is 1. The summed E-state index contributed by atoms with van der Waals surface area (Å²) >= 11 is 0. The molecular weight excluding hydrogens is 367 g/mol. The molecule has 1 aromatic carbocycles. The molecule has 0 aliphatic carbocycles. The van der Waals surface area contributed by atoms with Crippen LogP contribution < -0.4 is 5.32 Å². The number of hydrogen-bond donors (Lipinski definition) is 3. The second kappa shape index (κ2) is 7.81. The van der Waals surface area contributed by atoms with Crippen molar-refractivity contribution in [3.63, 3.8) is 0 Å². The summed E-state index contributed by atoms with van der Waals surface area (Å²) in [5.74, 6) is -5.36. The van der Waals surface area contributed by atoms with Crippen molar-refractivity contribution in [1.82, 2.24) is 9.62 Å². The van der Waals surface area contributed by atoms with Crippen LogP contribution in [-0.4, -0.2) is 89.1 Å². The average molecular weight is 382 g/mol. The topological polar surface area (TPSA) is 150 Å². The number of methoxy groups -OCH3 is 1. The fourth-order valence-electron chi connectivity index (χ4n) is 2.26. The molecule has 0 bridgehead atoms. The zero-order chi connectivity index (χ0) is 18.1. The number of carboxylic acids is 1. The van der Waals surface area contributed by atoms with Gasteiger partial charge in [0.25, 0.3) is 5.91 Å². The van der Waals surface area contributed by atoms with Gasteiger partial charge in [-0.3, -0.25) is 18.9 Å². The minimum atomic E-state index is -4.78. The summed E-state index contributed by atoms with van der Waals surface area (Å²) in [6.07, 6.45) is 0. The Morgan fingerprint density at radius 3 is 2.28 bits per heavy atom. The van der Waals surface area contributed by atoms with Crippen LogP contribution in [0, 0.1) is 0 Å². The van der Waals surface area contributed by atoms with Crippen LogP contribution in [0.2, 0.25) is 0 Å². The molecule has 1 heterocycles. The first kappa shape index (κ1) is 21.5. The molecule has 3 N–H and O–H groups in total. The SMILES string of the molecule is COC1(NC(=O)C(C(=O)O)c2ccccc2)CN(S(=O)(=O)O)C1=O.[NaH]. The fourth-order valence-corrected chi connectivity index (χ4v) is 2.96. The number of carbonyl (C=O) groups is 3. The Balaban J connectivity index is 0.00000312. The van der Waals surface area contributed by atoms with Gasteiger partial charge in [0.2, 0.25) is 11.6 Å². The molecule has 1 aliphatic rings. The molecule has 1 fully saturated rings. The van der Waals surface area contributed by atoms with E-state index in [0.29, 0.717) is 0 Å². The average Bonchev–Trinajstić information content (AvgIpc) is 2.50. The normalized spacial score (nSPS) is 20.9. The molecule has 1 saturated heterocycles. The van der Waals surface area contributed by atoms with Gasteiger partial charge in [0.15, 0.2) is 5.92 Å². The van der Waals surface area contributed by atoms with Crippen LogP contribution in [0.15, 0.2) is 30.3 Å². The summed E-state index contributed by atoms with van der Waals surface area (Å²) in [5, 5.41) is 11.4. The van der Waals surface area contributed by atoms with E-state index in [0.717, 1.165) is 7.11 Å². The van der Waals surface area contributed by atoms with E-state index in [4.69, 9.17) is 9.29 Å². The van der Waals surface area contributed by atoms with Crippen molar-refractivity contribution in [3.05, 3.63) is 35.9 Å². The van der Waals surface area contributed by atoms with Crippen molar-refractivity contribution in [2.45, 2.75) is 11.6 Å². The van der Waals surface area contributed by atoms with Crippen molar-refractivity contribution in [1.29, 1.82) is 0 Å². The van der Waals surface area contributed by atoms with Crippen LogP contribution in [-0.2, 0) is 29.4 Å². The molecule has 132 valence electrons. The molecule has 10 nitrogen and oxygen atoms in total. The Morgan fingerprint density at radius 1 is 1.32 bits per heavy atom. The van der Waals surface area contributed by atoms with Gasteiger partial charge in [-0.2, -0.15) is 8.42 Å². The third-order valence-electron chi connectivity index (χ3n) is 3.53. The molecule has 2 amide bonds. The van der Waals surface area contributed by atoms with Crippen molar-refractivity contribution < 1.29 is 37.2 Å². The van der Waals surface area contributed by atoms with Crippen LogP contribution in [0.25, 0.3) is 0 Å². The first-order valence-corrected chi connectivity index (χ1v) is 7.96. The summed E-state index contributed by atoms with van der Waals surface area (Å²) in [5.41, 5.74) is -1.87. The number of hydrogen-bond acceptors (Lipinski definition) is 6. The van der Waals surface area contributed by atoms with E-state index in [-0.39, 0.29) is 39.4 Å².